The van der Waals surface area contributed by atoms with E-state index in [1.807, 2.05) is 4.90 Å². The van der Waals surface area contributed by atoms with Crippen LogP contribution >= 0.6 is 0 Å². The molecule has 1 saturated heterocycles. The molecule has 10 heteroatoms. The fourth-order valence-electron chi connectivity index (χ4n) is 3.36. The summed E-state index contributed by atoms with van der Waals surface area (Å²) in [6.45, 7) is 1.50. The second kappa shape index (κ2) is 8.80. The number of hydrogen-bond donors (Lipinski definition) is 1. The molecule has 0 aromatic heterocycles. The van der Waals surface area contributed by atoms with E-state index >= 15 is 0 Å². The zero-order valence-electron chi connectivity index (χ0n) is 16.9. The second-order valence-corrected chi connectivity index (χ2v) is 9.43. The molecule has 3 rings (SSSR count). The first-order valence-corrected chi connectivity index (χ1v) is 11.0. The van der Waals surface area contributed by atoms with Crippen LogP contribution in [0, 0.1) is 10.1 Å². The molecule has 0 aliphatic carbocycles. The number of sulfonamides is 1. The molecule has 2 aromatic rings. The molecule has 0 bridgehead atoms. The minimum absolute atomic E-state index is 0.0386. The van der Waals surface area contributed by atoms with Gasteiger partial charge < -0.3 is 10.2 Å². The van der Waals surface area contributed by atoms with E-state index in [4.69, 9.17) is 0 Å². The highest BCUT2D eigenvalue weighted by atomic mass is 32.2. The van der Waals surface area contributed by atoms with Gasteiger partial charge >= 0.3 is 0 Å². The van der Waals surface area contributed by atoms with Gasteiger partial charge in [-0.3, -0.25) is 14.9 Å². The fourth-order valence-corrected chi connectivity index (χ4v) is 4.31. The molecule has 2 aromatic carbocycles. The minimum Gasteiger partial charge on any atom is -0.366 e. The number of nitrogens with zero attached hydrogens (tertiary/aromatic N) is 3. The monoisotopic (exact) mass is 432 g/mol. The molecule has 1 aliphatic heterocycles. The number of nitro benzene ring substituents is 1. The first-order chi connectivity index (χ1) is 14.2. The van der Waals surface area contributed by atoms with E-state index < -0.39 is 20.9 Å². The number of hydrogen-bond acceptors (Lipinski definition) is 6. The lowest BCUT2D eigenvalue weighted by Crippen LogP contribution is -2.30. The smallest absolute Gasteiger partial charge is 0.293 e. The molecular weight excluding hydrogens is 408 g/mol. The summed E-state index contributed by atoms with van der Waals surface area (Å²) in [6.07, 6.45) is 3.06. The molecule has 0 unspecified atom stereocenters. The average molecular weight is 433 g/mol. The Bertz CT molecular complexity index is 1060. The Morgan fingerprint density at radius 1 is 1.10 bits per heavy atom. The Hall–Kier alpha value is -2.98. The molecule has 1 aliphatic rings. The quantitative estimate of drug-likeness (QED) is 0.554. The van der Waals surface area contributed by atoms with Gasteiger partial charge in [-0.05, 0) is 49.6 Å². The molecule has 0 saturated carbocycles. The van der Waals surface area contributed by atoms with E-state index in [0.29, 0.717) is 5.69 Å². The first kappa shape index (κ1) is 21.7. The summed E-state index contributed by atoms with van der Waals surface area (Å²) in [7, 11) is -0.808. The van der Waals surface area contributed by atoms with Gasteiger partial charge in [-0.25, -0.2) is 12.7 Å². The summed E-state index contributed by atoms with van der Waals surface area (Å²) in [5.41, 5.74) is 0.804. The average Bonchev–Trinajstić information content (AvgIpc) is 2.74. The molecule has 0 radical (unpaired) electrons. The van der Waals surface area contributed by atoms with Crippen LogP contribution in [0.15, 0.2) is 47.4 Å². The molecular formula is C20H24N4O5S. The summed E-state index contributed by atoms with van der Waals surface area (Å²) >= 11 is 0. The van der Waals surface area contributed by atoms with Crippen LogP contribution in [0.25, 0.3) is 0 Å². The standard InChI is InChI=1S/C20H24N4O5S/c1-22(2)30(28,29)17-8-6-7-16(14-17)21-20(25)15-9-10-18(19(13-15)24(26)27)23-11-4-3-5-12-23/h6-10,13-14H,3-5,11-12H2,1-2H3,(H,21,25). The van der Waals surface area contributed by atoms with Gasteiger partial charge in [-0.2, -0.15) is 0 Å². The molecule has 1 N–H and O–H groups in total. The van der Waals surface area contributed by atoms with Crippen molar-refractivity contribution in [1.29, 1.82) is 0 Å². The van der Waals surface area contributed by atoms with Crippen molar-refractivity contribution < 1.29 is 18.1 Å². The number of nitro groups is 1. The Labute approximate surface area is 175 Å². The number of nitrogens with one attached hydrogen (secondary N) is 1. The van der Waals surface area contributed by atoms with Gasteiger partial charge in [-0.15, -0.1) is 0 Å². The Kier molecular flexibility index (Phi) is 6.37. The molecule has 1 fully saturated rings. The van der Waals surface area contributed by atoms with Crippen LogP contribution in [-0.4, -0.2) is 50.7 Å². The van der Waals surface area contributed by atoms with Crippen molar-refractivity contribution in [2.75, 3.05) is 37.4 Å². The lowest BCUT2D eigenvalue weighted by molar-refractivity contribution is -0.384. The maximum atomic E-state index is 12.7. The molecule has 0 atom stereocenters. The van der Waals surface area contributed by atoms with Crippen molar-refractivity contribution in [2.45, 2.75) is 24.2 Å². The van der Waals surface area contributed by atoms with Gasteiger partial charge in [0.1, 0.15) is 5.69 Å². The predicted molar refractivity (Wildman–Crippen MR) is 114 cm³/mol. The molecule has 1 amide bonds. The third-order valence-electron chi connectivity index (χ3n) is 5.00. The van der Waals surface area contributed by atoms with Gasteiger partial charge in [0.25, 0.3) is 11.6 Å². The number of carbonyl (C=O) groups excluding carboxylic acids is 1. The number of benzene rings is 2. The van der Waals surface area contributed by atoms with Crippen molar-refractivity contribution in [3.05, 3.63) is 58.1 Å². The van der Waals surface area contributed by atoms with E-state index in [1.54, 1.807) is 18.2 Å². The van der Waals surface area contributed by atoms with E-state index in [2.05, 4.69) is 5.32 Å². The summed E-state index contributed by atoms with van der Waals surface area (Å²) < 4.78 is 25.6. The first-order valence-electron chi connectivity index (χ1n) is 9.57. The minimum atomic E-state index is -3.65. The van der Waals surface area contributed by atoms with E-state index in [0.717, 1.165) is 36.7 Å². The molecule has 0 spiro atoms. The van der Waals surface area contributed by atoms with Crippen molar-refractivity contribution in [2.24, 2.45) is 0 Å². The Balaban J connectivity index is 1.85. The lowest BCUT2D eigenvalue weighted by Gasteiger charge is -2.28. The number of anilines is 2. The largest absolute Gasteiger partial charge is 0.366 e. The van der Waals surface area contributed by atoms with Crippen LogP contribution < -0.4 is 10.2 Å². The molecule has 1 heterocycles. The van der Waals surface area contributed by atoms with E-state index in [-0.39, 0.29) is 21.8 Å². The van der Waals surface area contributed by atoms with Crippen LogP contribution in [0.2, 0.25) is 0 Å². The topological polar surface area (TPSA) is 113 Å². The Morgan fingerprint density at radius 2 is 1.80 bits per heavy atom. The van der Waals surface area contributed by atoms with E-state index in [9.17, 15) is 23.3 Å². The van der Waals surface area contributed by atoms with Crippen molar-refractivity contribution in [3.8, 4) is 0 Å². The molecule has 160 valence electrons. The van der Waals surface area contributed by atoms with Crippen LogP contribution in [0.1, 0.15) is 29.6 Å². The summed E-state index contributed by atoms with van der Waals surface area (Å²) in [6, 6.07) is 10.3. The van der Waals surface area contributed by atoms with Crippen LogP contribution in [-0.2, 0) is 10.0 Å². The second-order valence-electron chi connectivity index (χ2n) is 7.28. The highest BCUT2D eigenvalue weighted by molar-refractivity contribution is 7.89. The third kappa shape index (κ3) is 4.60. The van der Waals surface area contributed by atoms with Crippen molar-refractivity contribution in [3.63, 3.8) is 0 Å². The van der Waals surface area contributed by atoms with Crippen LogP contribution in [0.4, 0.5) is 17.1 Å². The SMILES string of the molecule is CN(C)S(=O)(=O)c1cccc(NC(=O)c2ccc(N3CCCCC3)c([N+](=O)[O-])c2)c1. The van der Waals surface area contributed by atoms with Gasteiger partial charge in [0.05, 0.1) is 9.82 Å². The molecule has 9 nitrogen and oxygen atoms in total. The lowest BCUT2D eigenvalue weighted by atomic mass is 10.1. The highest BCUT2D eigenvalue weighted by Crippen LogP contribution is 2.31. The third-order valence-corrected chi connectivity index (χ3v) is 6.81. The fraction of sp³-hybridized carbons (Fsp3) is 0.350. The van der Waals surface area contributed by atoms with Gasteiger partial charge in [0.15, 0.2) is 0 Å². The number of amides is 1. The molecule has 30 heavy (non-hydrogen) atoms. The maximum absolute atomic E-state index is 12.7. The zero-order valence-corrected chi connectivity index (χ0v) is 17.7. The van der Waals surface area contributed by atoms with Gasteiger partial charge in [-0.1, -0.05) is 6.07 Å². The maximum Gasteiger partial charge on any atom is 0.293 e. The number of rotatable bonds is 6. The summed E-state index contributed by atoms with van der Waals surface area (Å²) in [4.78, 5) is 25.8. The van der Waals surface area contributed by atoms with Crippen LogP contribution in [0.3, 0.4) is 0 Å². The number of piperidine rings is 1. The predicted octanol–water partition coefficient (Wildman–Crippen LogP) is 3.09. The number of carbonyl (C=O) groups is 1. The normalized spacial score (nSPS) is 14.6. The van der Waals surface area contributed by atoms with E-state index in [1.165, 1.54) is 38.4 Å². The van der Waals surface area contributed by atoms with Crippen LogP contribution in [0.5, 0.6) is 0 Å². The Morgan fingerprint density at radius 3 is 2.43 bits per heavy atom. The van der Waals surface area contributed by atoms with Gasteiger partial charge in [0.2, 0.25) is 10.0 Å². The zero-order chi connectivity index (χ0) is 21.9. The van der Waals surface area contributed by atoms with Gasteiger partial charge in [0, 0.05) is 44.5 Å². The van der Waals surface area contributed by atoms with Crippen molar-refractivity contribution in [1.82, 2.24) is 4.31 Å². The summed E-state index contributed by atoms with van der Waals surface area (Å²) in [5.74, 6) is -0.553. The summed E-state index contributed by atoms with van der Waals surface area (Å²) in [5, 5.41) is 14.2. The van der Waals surface area contributed by atoms with Crippen molar-refractivity contribution >= 4 is 33.0 Å². The highest BCUT2D eigenvalue weighted by Gasteiger charge is 2.23.